The zero-order valence-electron chi connectivity index (χ0n) is 16.0. The number of nitrogens with two attached hydrogens (primary N) is 1. The molecule has 0 unspecified atom stereocenters. The molecule has 0 saturated heterocycles. The molecule has 2 aromatic heterocycles. The van der Waals surface area contributed by atoms with E-state index in [-0.39, 0.29) is 0 Å². The molecule has 0 atom stereocenters. The van der Waals surface area contributed by atoms with Crippen LogP contribution in [0, 0.1) is 6.92 Å². The van der Waals surface area contributed by atoms with Gasteiger partial charge in [0, 0.05) is 31.4 Å². The van der Waals surface area contributed by atoms with Gasteiger partial charge in [-0.15, -0.1) is 5.10 Å². The molecular formula is C21H22N6O. The summed E-state index contributed by atoms with van der Waals surface area (Å²) in [6, 6.07) is 12.5. The molecule has 3 heterocycles. The summed E-state index contributed by atoms with van der Waals surface area (Å²) >= 11 is 0. The molecule has 2 aromatic carbocycles. The van der Waals surface area contributed by atoms with Gasteiger partial charge in [-0.1, -0.05) is 29.8 Å². The lowest BCUT2D eigenvalue weighted by Crippen LogP contribution is -2.19. The number of aryl methyl sites for hydroxylation is 1. The van der Waals surface area contributed by atoms with Gasteiger partial charge in [0.2, 0.25) is 5.95 Å². The van der Waals surface area contributed by atoms with Gasteiger partial charge in [-0.2, -0.15) is 4.52 Å². The molecule has 0 saturated carbocycles. The molecule has 0 spiro atoms. The van der Waals surface area contributed by atoms with E-state index in [2.05, 4.69) is 40.1 Å². The highest BCUT2D eigenvalue weighted by Crippen LogP contribution is 2.28. The first-order valence-electron chi connectivity index (χ1n) is 9.41. The van der Waals surface area contributed by atoms with E-state index in [1.165, 1.54) is 16.7 Å². The Morgan fingerprint density at radius 1 is 1.11 bits per heavy atom. The minimum absolute atomic E-state index is 0.315. The molecular weight excluding hydrogens is 352 g/mol. The molecule has 28 heavy (non-hydrogen) atoms. The average Bonchev–Trinajstić information content (AvgIpc) is 3.30. The molecule has 7 heteroatoms. The van der Waals surface area contributed by atoms with Crippen LogP contribution in [-0.4, -0.2) is 38.1 Å². The molecule has 7 nitrogen and oxygen atoms in total. The van der Waals surface area contributed by atoms with Gasteiger partial charge < -0.3 is 10.5 Å². The molecule has 0 fully saturated rings. The number of para-hydroxylation sites is 1. The number of ether oxygens (including phenoxy) is 1. The average molecular weight is 374 g/mol. The normalized spacial score (nSPS) is 14.1. The number of fused-ring (bicyclic) bond motifs is 4. The van der Waals surface area contributed by atoms with Crippen molar-refractivity contribution < 1.29 is 4.74 Å². The first kappa shape index (κ1) is 16.9. The minimum Gasteiger partial charge on any atom is -0.494 e. The Hall–Kier alpha value is -3.19. The van der Waals surface area contributed by atoms with Crippen LogP contribution in [0.5, 0.6) is 5.75 Å². The number of methoxy groups -OCH3 is 1. The molecule has 0 radical (unpaired) electrons. The smallest absolute Gasteiger partial charge is 0.223 e. The highest BCUT2D eigenvalue weighted by Gasteiger charge is 2.20. The maximum absolute atomic E-state index is 6.13. The minimum atomic E-state index is 0.315. The van der Waals surface area contributed by atoms with Crippen LogP contribution in [0.1, 0.15) is 22.5 Å². The Labute approximate surface area is 162 Å². The second-order valence-electron chi connectivity index (χ2n) is 7.32. The Kier molecular flexibility index (Phi) is 3.91. The van der Waals surface area contributed by atoms with Crippen LogP contribution in [-0.2, 0) is 19.5 Å². The SMILES string of the molecule is COc1cccc2c1nc(N)n1nc(CCN3Cc4ccc(C)cc4C3)nc21. The summed E-state index contributed by atoms with van der Waals surface area (Å²) in [5.41, 5.74) is 11.7. The Balaban J connectivity index is 1.41. The lowest BCUT2D eigenvalue weighted by Gasteiger charge is -2.12. The number of benzene rings is 2. The summed E-state index contributed by atoms with van der Waals surface area (Å²) in [6.45, 7) is 5.00. The summed E-state index contributed by atoms with van der Waals surface area (Å²) in [7, 11) is 1.63. The van der Waals surface area contributed by atoms with Gasteiger partial charge in [0.1, 0.15) is 11.3 Å². The number of aromatic nitrogens is 4. The number of nitrogen functional groups attached to an aromatic ring is 1. The predicted molar refractivity (Wildman–Crippen MR) is 108 cm³/mol. The lowest BCUT2D eigenvalue weighted by atomic mass is 10.1. The van der Waals surface area contributed by atoms with E-state index in [9.17, 15) is 0 Å². The van der Waals surface area contributed by atoms with Crippen LogP contribution in [0.4, 0.5) is 5.95 Å². The molecule has 4 aromatic rings. The van der Waals surface area contributed by atoms with Gasteiger partial charge in [0.25, 0.3) is 0 Å². The fourth-order valence-corrected chi connectivity index (χ4v) is 3.95. The Morgan fingerprint density at radius 3 is 2.82 bits per heavy atom. The van der Waals surface area contributed by atoms with Gasteiger partial charge in [0.15, 0.2) is 11.5 Å². The summed E-state index contributed by atoms with van der Waals surface area (Å²) < 4.78 is 7.03. The van der Waals surface area contributed by atoms with Gasteiger partial charge in [0.05, 0.1) is 7.11 Å². The summed E-state index contributed by atoms with van der Waals surface area (Å²) in [5.74, 6) is 1.77. The number of anilines is 1. The monoisotopic (exact) mass is 374 g/mol. The third-order valence-electron chi connectivity index (χ3n) is 5.36. The second kappa shape index (κ2) is 6.45. The molecule has 0 aliphatic carbocycles. The molecule has 2 N–H and O–H groups in total. The Morgan fingerprint density at radius 2 is 1.96 bits per heavy atom. The van der Waals surface area contributed by atoms with Crippen molar-refractivity contribution in [3.8, 4) is 5.75 Å². The maximum atomic E-state index is 6.13. The van der Waals surface area contributed by atoms with E-state index >= 15 is 0 Å². The zero-order valence-corrected chi connectivity index (χ0v) is 16.0. The van der Waals surface area contributed by atoms with E-state index in [1.54, 1.807) is 11.6 Å². The summed E-state index contributed by atoms with van der Waals surface area (Å²) in [4.78, 5) is 11.6. The molecule has 0 amide bonds. The van der Waals surface area contributed by atoms with E-state index in [1.807, 2.05) is 18.2 Å². The highest BCUT2D eigenvalue weighted by molar-refractivity contribution is 5.95. The van der Waals surface area contributed by atoms with Crippen molar-refractivity contribution in [2.75, 3.05) is 19.4 Å². The number of nitrogens with zero attached hydrogens (tertiary/aromatic N) is 5. The van der Waals surface area contributed by atoms with Crippen LogP contribution in [0.2, 0.25) is 0 Å². The first-order chi connectivity index (χ1) is 13.6. The third-order valence-corrected chi connectivity index (χ3v) is 5.36. The van der Waals surface area contributed by atoms with E-state index in [0.29, 0.717) is 17.2 Å². The molecule has 1 aliphatic heterocycles. The lowest BCUT2D eigenvalue weighted by molar-refractivity contribution is 0.286. The van der Waals surface area contributed by atoms with Crippen LogP contribution in [0.15, 0.2) is 36.4 Å². The summed E-state index contributed by atoms with van der Waals surface area (Å²) in [6.07, 6.45) is 0.763. The quantitative estimate of drug-likeness (QED) is 0.591. The summed E-state index contributed by atoms with van der Waals surface area (Å²) in [5, 5.41) is 5.48. The van der Waals surface area contributed by atoms with Crippen molar-refractivity contribution in [3.05, 3.63) is 58.9 Å². The van der Waals surface area contributed by atoms with E-state index in [0.717, 1.165) is 42.9 Å². The van der Waals surface area contributed by atoms with Crippen molar-refractivity contribution in [2.24, 2.45) is 0 Å². The second-order valence-corrected chi connectivity index (χ2v) is 7.32. The third kappa shape index (κ3) is 2.75. The topological polar surface area (TPSA) is 81.6 Å². The van der Waals surface area contributed by atoms with Crippen LogP contribution in [0.3, 0.4) is 0 Å². The fourth-order valence-electron chi connectivity index (χ4n) is 3.95. The molecule has 5 rings (SSSR count). The number of hydrogen-bond acceptors (Lipinski definition) is 6. The number of rotatable bonds is 4. The number of hydrogen-bond donors (Lipinski definition) is 1. The van der Waals surface area contributed by atoms with Crippen LogP contribution < -0.4 is 10.5 Å². The van der Waals surface area contributed by atoms with Crippen molar-refractivity contribution >= 4 is 22.5 Å². The largest absolute Gasteiger partial charge is 0.494 e. The van der Waals surface area contributed by atoms with Crippen molar-refractivity contribution in [1.82, 2.24) is 24.5 Å². The van der Waals surface area contributed by atoms with E-state index < -0.39 is 0 Å². The molecule has 0 bridgehead atoms. The molecule has 142 valence electrons. The fraction of sp³-hybridized carbons (Fsp3) is 0.286. The van der Waals surface area contributed by atoms with Crippen molar-refractivity contribution in [1.29, 1.82) is 0 Å². The highest BCUT2D eigenvalue weighted by atomic mass is 16.5. The first-order valence-corrected chi connectivity index (χ1v) is 9.41. The standard InChI is InChI=1S/C21H22N6O/c1-13-6-7-14-11-26(12-15(14)10-13)9-8-18-23-20-16-4-3-5-17(28-2)19(16)24-21(22)27(20)25-18/h3-7,10H,8-9,11-12H2,1-2H3,(H2,22,24). The van der Waals surface area contributed by atoms with Crippen molar-refractivity contribution in [2.45, 2.75) is 26.4 Å². The van der Waals surface area contributed by atoms with Gasteiger partial charge >= 0.3 is 0 Å². The van der Waals surface area contributed by atoms with Gasteiger partial charge in [-0.25, -0.2) is 9.97 Å². The van der Waals surface area contributed by atoms with E-state index in [4.69, 9.17) is 15.5 Å². The zero-order chi connectivity index (χ0) is 19.3. The predicted octanol–water partition coefficient (Wildman–Crippen LogP) is 2.74. The van der Waals surface area contributed by atoms with Gasteiger partial charge in [-0.05, 0) is 30.2 Å². The van der Waals surface area contributed by atoms with Crippen LogP contribution >= 0.6 is 0 Å². The maximum Gasteiger partial charge on any atom is 0.223 e. The van der Waals surface area contributed by atoms with Gasteiger partial charge in [-0.3, -0.25) is 4.90 Å². The Bertz CT molecular complexity index is 1200. The molecule has 1 aliphatic rings. The van der Waals surface area contributed by atoms with Crippen LogP contribution in [0.25, 0.3) is 16.6 Å². The van der Waals surface area contributed by atoms with Crippen molar-refractivity contribution in [3.63, 3.8) is 0 Å².